The first-order valence-corrected chi connectivity index (χ1v) is 10.1. The Morgan fingerprint density at radius 2 is 2.00 bits per heavy atom. The van der Waals surface area contributed by atoms with Gasteiger partial charge in [-0.1, -0.05) is 30.3 Å². The van der Waals surface area contributed by atoms with Gasteiger partial charge in [0.1, 0.15) is 10.3 Å². The van der Waals surface area contributed by atoms with E-state index in [9.17, 15) is 13.2 Å². The summed E-state index contributed by atoms with van der Waals surface area (Å²) in [6.07, 6.45) is 1.26. The topological polar surface area (TPSA) is 66.5 Å². The van der Waals surface area contributed by atoms with Crippen molar-refractivity contribution in [2.24, 2.45) is 0 Å². The molecule has 5 nitrogen and oxygen atoms in total. The fourth-order valence-corrected chi connectivity index (χ4v) is 5.93. The molecule has 0 spiro atoms. The van der Waals surface area contributed by atoms with Gasteiger partial charge in [0.15, 0.2) is 0 Å². The normalized spacial score (nSPS) is 18.6. The summed E-state index contributed by atoms with van der Waals surface area (Å²) in [5.74, 6) is -0.229. The molecule has 0 unspecified atom stereocenters. The largest absolute Gasteiger partial charge is 0.351 e. The molecule has 1 fully saturated rings. The Morgan fingerprint density at radius 1 is 1.25 bits per heavy atom. The SMILES string of the molecule is Cc1ccc(S(=O)(=O)N2CCC[C@@H]2C(=O)NCc2ccccc2)s1. The van der Waals surface area contributed by atoms with Gasteiger partial charge in [0.2, 0.25) is 5.91 Å². The minimum absolute atomic E-state index is 0.229. The molecule has 1 aliphatic rings. The number of hydrogen-bond donors (Lipinski definition) is 1. The van der Waals surface area contributed by atoms with Gasteiger partial charge in [-0.2, -0.15) is 4.31 Å². The van der Waals surface area contributed by atoms with Crippen molar-refractivity contribution < 1.29 is 13.2 Å². The monoisotopic (exact) mass is 364 g/mol. The number of nitrogens with one attached hydrogen (secondary N) is 1. The van der Waals surface area contributed by atoms with E-state index in [-0.39, 0.29) is 5.91 Å². The van der Waals surface area contributed by atoms with Gasteiger partial charge in [-0.25, -0.2) is 8.42 Å². The van der Waals surface area contributed by atoms with E-state index in [1.165, 1.54) is 15.6 Å². The maximum absolute atomic E-state index is 12.8. The zero-order valence-electron chi connectivity index (χ0n) is 13.4. The van der Waals surface area contributed by atoms with Crippen molar-refractivity contribution in [2.75, 3.05) is 6.54 Å². The third-order valence-corrected chi connectivity index (χ3v) is 7.47. The lowest BCUT2D eigenvalue weighted by molar-refractivity contribution is -0.124. The van der Waals surface area contributed by atoms with Crippen LogP contribution in [0.1, 0.15) is 23.3 Å². The molecule has 24 heavy (non-hydrogen) atoms. The Bertz CT molecular complexity index is 815. The molecule has 1 aromatic heterocycles. The van der Waals surface area contributed by atoms with Crippen LogP contribution in [0.25, 0.3) is 0 Å². The smallest absolute Gasteiger partial charge is 0.253 e. The molecule has 0 saturated carbocycles. The van der Waals surface area contributed by atoms with Crippen LogP contribution in [-0.4, -0.2) is 31.2 Å². The summed E-state index contributed by atoms with van der Waals surface area (Å²) < 4.78 is 27.2. The average molecular weight is 364 g/mol. The summed E-state index contributed by atoms with van der Waals surface area (Å²) in [5.41, 5.74) is 0.993. The van der Waals surface area contributed by atoms with Gasteiger partial charge in [-0.05, 0) is 37.5 Å². The highest BCUT2D eigenvalue weighted by Gasteiger charge is 2.39. The summed E-state index contributed by atoms with van der Waals surface area (Å²) in [4.78, 5) is 13.4. The fourth-order valence-electron chi connectivity index (χ4n) is 2.86. The molecule has 1 N–H and O–H groups in total. The van der Waals surface area contributed by atoms with Crippen LogP contribution in [0.2, 0.25) is 0 Å². The van der Waals surface area contributed by atoms with E-state index in [1.807, 2.05) is 37.3 Å². The summed E-state index contributed by atoms with van der Waals surface area (Å²) in [7, 11) is -3.60. The van der Waals surface area contributed by atoms with Crippen LogP contribution in [0.3, 0.4) is 0 Å². The Kier molecular flexibility index (Phi) is 5.03. The Balaban J connectivity index is 1.72. The van der Waals surface area contributed by atoms with Gasteiger partial charge in [-0.3, -0.25) is 4.79 Å². The van der Waals surface area contributed by atoms with Gasteiger partial charge in [0.25, 0.3) is 10.0 Å². The zero-order chi connectivity index (χ0) is 17.2. The van der Waals surface area contributed by atoms with Crippen LogP contribution >= 0.6 is 11.3 Å². The lowest BCUT2D eigenvalue weighted by atomic mass is 10.2. The first-order valence-electron chi connectivity index (χ1n) is 7.88. The van der Waals surface area contributed by atoms with Gasteiger partial charge < -0.3 is 5.32 Å². The molecule has 3 rings (SSSR count). The minimum Gasteiger partial charge on any atom is -0.351 e. The van der Waals surface area contributed by atoms with Crippen molar-refractivity contribution in [1.29, 1.82) is 0 Å². The van der Waals surface area contributed by atoms with Gasteiger partial charge in [0.05, 0.1) is 0 Å². The second-order valence-corrected chi connectivity index (χ2v) is 9.25. The first-order chi connectivity index (χ1) is 11.5. The van der Waals surface area contributed by atoms with E-state index in [0.29, 0.717) is 30.1 Å². The van der Waals surface area contributed by atoms with Gasteiger partial charge >= 0.3 is 0 Å². The Morgan fingerprint density at radius 3 is 2.67 bits per heavy atom. The van der Waals surface area contributed by atoms with Crippen LogP contribution in [0.5, 0.6) is 0 Å². The number of thiophene rings is 1. The number of amides is 1. The van der Waals surface area contributed by atoms with Crippen LogP contribution in [0.4, 0.5) is 0 Å². The number of rotatable bonds is 5. The predicted molar refractivity (Wildman–Crippen MR) is 94.3 cm³/mol. The molecule has 0 aliphatic carbocycles. The van der Waals surface area contributed by atoms with Crippen molar-refractivity contribution in [3.05, 3.63) is 52.9 Å². The fraction of sp³-hybridized carbons (Fsp3) is 0.353. The molecule has 1 atom stereocenters. The van der Waals surface area contributed by atoms with E-state index in [4.69, 9.17) is 0 Å². The second kappa shape index (κ2) is 7.04. The number of benzene rings is 1. The molecule has 1 amide bonds. The number of sulfonamides is 1. The van der Waals surface area contributed by atoms with Crippen LogP contribution < -0.4 is 5.32 Å². The average Bonchev–Trinajstić information content (AvgIpc) is 3.23. The molecule has 128 valence electrons. The Labute approximate surface area is 146 Å². The first kappa shape index (κ1) is 17.1. The van der Waals surface area contributed by atoms with Crippen molar-refractivity contribution >= 4 is 27.3 Å². The molecule has 1 aliphatic heterocycles. The quantitative estimate of drug-likeness (QED) is 0.886. The molecule has 0 bridgehead atoms. The zero-order valence-corrected chi connectivity index (χ0v) is 15.1. The predicted octanol–water partition coefficient (Wildman–Crippen LogP) is 2.53. The van der Waals surface area contributed by atoms with Crippen molar-refractivity contribution in [3.63, 3.8) is 0 Å². The highest BCUT2D eigenvalue weighted by Crippen LogP contribution is 2.30. The molecule has 1 saturated heterocycles. The lowest BCUT2D eigenvalue weighted by Crippen LogP contribution is -2.45. The number of carbonyl (C=O) groups excluding carboxylic acids is 1. The third-order valence-electron chi connectivity index (χ3n) is 4.09. The molecular weight excluding hydrogens is 344 g/mol. The molecule has 0 radical (unpaired) electrons. The maximum Gasteiger partial charge on any atom is 0.253 e. The highest BCUT2D eigenvalue weighted by atomic mass is 32.2. The summed E-state index contributed by atoms with van der Waals surface area (Å²) in [5, 5.41) is 2.86. The van der Waals surface area contributed by atoms with E-state index >= 15 is 0 Å². The molecule has 2 aromatic rings. The van der Waals surface area contributed by atoms with Gasteiger partial charge in [0, 0.05) is 18.0 Å². The minimum atomic E-state index is -3.60. The third kappa shape index (κ3) is 3.53. The standard InChI is InChI=1S/C17H20N2O3S2/c1-13-9-10-16(23-13)24(21,22)19-11-5-8-15(19)17(20)18-12-14-6-3-2-4-7-14/h2-4,6-7,9-10,15H,5,8,11-12H2,1H3,(H,18,20)/t15-/m1/s1. The van der Waals surface area contributed by atoms with E-state index in [2.05, 4.69) is 5.32 Å². The second-order valence-electron chi connectivity index (χ2n) is 5.84. The number of carbonyl (C=O) groups is 1. The van der Waals surface area contributed by atoms with Crippen LogP contribution in [0, 0.1) is 6.92 Å². The Hall–Kier alpha value is -1.70. The lowest BCUT2D eigenvalue weighted by Gasteiger charge is -2.22. The molecular formula is C17H20N2O3S2. The number of hydrogen-bond acceptors (Lipinski definition) is 4. The van der Waals surface area contributed by atoms with Gasteiger partial charge in [-0.15, -0.1) is 11.3 Å². The van der Waals surface area contributed by atoms with Crippen molar-refractivity contribution in [2.45, 2.75) is 36.6 Å². The summed E-state index contributed by atoms with van der Waals surface area (Å²) in [6.45, 7) is 2.67. The summed E-state index contributed by atoms with van der Waals surface area (Å²) >= 11 is 1.24. The van der Waals surface area contributed by atoms with Crippen molar-refractivity contribution in [1.82, 2.24) is 9.62 Å². The highest BCUT2D eigenvalue weighted by molar-refractivity contribution is 7.91. The van der Waals surface area contributed by atoms with E-state index in [1.54, 1.807) is 12.1 Å². The van der Waals surface area contributed by atoms with Crippen molar-refractivity contribution in [3.8, 4) is 0 Å². The number of aryl methyl sites for hydroxylation is 1. The number of nitrogens with zero attached hydrogens (tertiary/aromatic N) is 1. The molecule has 7 heteroatoms. The molecule has 2 heterocycles. The maximum atomic E-state index is 12.8. The van der Waals surface area contributed by atoms with E-state index < -0.39 is 16.1 Å². The molecule has 1 aromatic carbocycles. The van der Waals surface area contributed by atoms with Crippen LogP contribution in [0.15, 0.2) is 46.7 Å². The van der Waals surface area contributed by atoms with E-state index in [0.717, 1.165) is 10.4 Å². The summed E-state index contributed by atoms with van der Waals surface area (Å²) in [6, 6.07) is 12.4. The van der Waals surface area contributed by atoms with Crippen LogP contribution in [-0.2, 0) is 21.4 Å².